The van der Waals surface area contributed by atoms with Gasteiger partial charge in [0.2, 0.25) is 11.8 Å². The van der Waals surface area contributed by atoms with Crippen LogP contribution in [0.3, 0.4) is 0 Å². The second kappa shape index (κ2) is 10.3. The third-order valence-electron chi connectivity index (χ3n) is 10.1. The number of amides is 2. The molecule has 8 heteroatoms. The Hall–Kier alpha value is -1.90. The number of carbonyl (C=O) groups is 2. The number of fused-ring (bicyclic) bond motifs is 5. The normalized spacial score (nSPS) is 35.9. The minimum Gasteiger partial charge on any atom is -0.392 e. The first-order valence-corrected chi connectivity index (χ1v) is 15.4. The molecule has 3 aliphatic carbocycles. The Kier molecular flexibility index (Phi) is 7.10. The molecule has 2 aliphatic heterocycles. The molecular weight excluding hydrogens is 484 g/mol. The first-order chi connectivity index (χ1) is 18.0. The Morgan fingerprint density at radius 1 is 0.919 bits per heavy atom. The summed E-state index contributed by atoms with van der Waals surface area (Å²) in [7, 11) is 0. The van der Waals surface area contributed by atoms with E-state index in [1.165, 1.54) is 12.8 Å². The van der Waals surface area contributed by atoms with Crippen LogP contribution in [0, 0.1) is 40.9 Å². The zero-order valence-electron chi connectivity index (χ0n) is 21.8. The summed E-state index contributed by atoms with van der Waals surface area (Å²) in [5.41, 5.74) is 1.02. The average molecular weight is 525 g/mol. The number of benzene rings is 1. The number of thioether (sulfide) groups is 1. The van der Waals surface area contributed by atoms with Crippen molar-refractivity contribution in [2.75, 3.05) is 45.5 Å². The predicted octanol–water partition coefficient (Wildman–Crippen LogP) is 3.16. The Bertz CT molecular complexity index is 1030. The van der Waals surface area contributed by atoms with Crippen molar-refractivity contribution in [1.82, 2.24) is 14.7 Å². The van der Waals surface area contributed by atoms with Crippen molar-refractivity contribution in [3.63, 3.8) is 0 Å². The summed E-state index contributed by atoms with van der Waals surface area (Å²) in [5.74, 6) is 0.967. The standard InChI is InChI=1S/C29H40N4O3S/c1-37-23-9-5-4-8-20(23)27(30)32-14-12-31(13-15-32)16-18-6-2-3-7-19(18)17-33-28(35)24-21-10-11-22(26(21)34)25(24)29(33)36/h4-5,8-9,18-19,21-22,24-26,30,34H,2-3,6-7,10-17H2,1H3. The molecule has 37 heavy (non-hydrogen) atoms. The lowest BCUT2D eigenvalue weighted by Gasteiger charge is -2.41. The zero-order chi connectivity index (χ0) is 25.7. The fourth-order valence-electron chi connectivity index (χ4n) is 8.18. The van der Waals surface area contributed by atoms with Crippen LogP contribution < -0.4 is 0 Å². The summed E-state index contributed by atoms with van der Waals surface area (Å²) in [6.07, 6.45) is 8.03. The molecule has 5 aliphatic rings. The molecule has 2 heterocycles. The highest BCUT2D eigenvalue weighted by atomic mass is 32.2. The zero-order valence-corrected chi connectivity index (χ0v) is 22.7. The first-order valence-electron chi connectivity index (χ1n) is 14.2. The van der Waals surface area contributed by atoms with Crippen LogP contribution in [0.1, 0.15) is 44.1 Å². The van der Waals surface area contributed by atoms with Crippen molar-refractivity contribution in [3.8, 4) is 0 Å². The van der Waals surface area contributed by atoms with Crippen molar-refractivity contribution in [2.45, 2.75) is 49.5 Å². The van der Waals surface area contributed by atoms with Crippen LogP contribution in [0.15, 0.2) is 29.2 Å². The van der Waals surface area contributed by atoms with Crippen LogP contribution >= 0.6 is 11.8 Å². The second-order valence-electron chi connectivity index (χ2n) is 11.9. The highest BCUT2D eigenvalue weighted by Gasteiger charge is 2.65. The number of amidine groups is 1. The maximum absolute atomic E-state index is 13.3. The molecule has 2 bridgehead atoms. The summed E-state index contributed by atoms with van der Waals surface area (Å²) in [6.45, 7) is 5.19. The molecule has 1 aromatic carbocycles. The number of imide groups is 1. The summed E-state index contributed by atoms with van der Waals surface area (Å²) >= 11 is 1.69. The van der Waals surface area contributed by atoms with Crippen molar-refractivity contribution >= 4 is 29.4 Å². The number of aliphatic hydroxyl groups is 1. The SMILES string of the molecule is CSc1ccccc1C(=N)N1CCN(CC2CCCCC2CN2C(=O)C3C4CCC(C4O)C3C2=O)CC1. The molecular formula is C29H40N4O3S. The Balaban J connectivity index is 1.06. The van der Waals surface area contributed by atoms with Gasteiger partial charge in [-0.3, -0.25) is 24.8 Å². The topological polar surface area (TPSA) is 87.9 Å². The maximum Gasteiger partial charge on any atom is 0.233 e. The van der Waals surface area contributed by atoms with Gasteiger partial charge in [0.1, 0.15) is 5.84 Å². The highest BCUT2D eigenvalue weighted by molar-refractivity contribution is 7.98. The molecule has 0 radical (unpaired) electrons. The van der Waals surface area contributed by atoms with E-state index in [2.05, 4.69) is 28.2 Å². The quantitative estimate of drug-likeness (QED) is 0.257. The lowest BCUT2D eigenvalue weighted by Crippen LogP contribution is -2.51. The van der Waals surface area contributed by atoms with Gasteiger partial charge in [-0.05, 0) is 61.7 Å². The molecule has 5 fully saturated rings. The van der Waals surface area contributed by atoms with E-state index in [-0.39, 0.29) is 35.5 Å². The van der Waals surface area contributed by atoms with Crippen LogP contribution in [-0.2, 0) is 9.59 Å². The highest BCUT2D eigenvalue weighted by Crippen LogP contribution is 2.56. The molecule has 0 spiro atoms. The number of likely N-dealkylation sites (tertiary alicyclic amines) is 1. The molecule has 2 amide bonds. The number of nitrogens with zero attached hydrogens (tertiary/aromatic N) is 3. The molecule has 6 rings (SSSR count). The summed E-state index contributed by atoms with van der Waals surface area (Å²) in [6, 6.07) is 8.18. The van der Waals surface area contributed by atoms with E-state index in [0.29, 0.717) is 24.2 Å². The smallest absolute Gasteiger partial charge is 0.233 e. The molecule has 3 saturated carbocycles. The number of hydrogen-bond acceptors (Lipinski definition) is 6. The molecule has 1 aromatic rings. The predicted molar refractivity (Wildman–Crippen MR) is 144 cm³/mol. The first kappa shape index (κ1) is 25.4. The molecule has 0 aromatic heterocycles. The van der Waals surface area contributed by atoms with E-state index < -0.39 is 6.10 Å². The Labute approximate surface area is 224 Å². The lowest BCUT2D eigenvalue weighted by molar-refractivity contribution is -0.143. The van der Waals surface area contributed by atoms with Gasteiger partial charge in [-0.25, -0.2) is 0 Å². The van der Waals surface area contributed by atoms with Crippen molar-refractivity contribution < 1.29 is 14.7 Å². The van der Waals surface area contributed by atoms with E-state index in [4.69, 9.17) is 5.41 Å². The Morgan fingerprint density at radius 3 is 2.14 bits per heavy atom. The summed E-state index contributed by atoms with van der Waals surface area (Å²) in [5, 5.41) is 19.3. The van der Waals surface area contributed by atoms with Crippen molar-refractivity contribution in [1.29, 1.82) is 5.41 Å². The van der Waals surface area contributed by atoms with Crippen LogP contribution in [0.5, 0.6) is 0 Å². The molecule has 7 nitrogen and oxygen atoms in total. The van der Waals surface area contributed by atoms with E-state index in [1.807, 2.05) is 12.1 Å². The maximum atomic E-state index is 13.3. The monoisotopic (exact) mass is 524 g/mol. The van der Waals surface area contributed by atoms with Gasteiger partial charge in [-0.1, -0.05) is 31.0 Å². The van der Waals surface area contributed by atoms with Gasteiger partial charge >= 0.3 is 0 Å². The van der Waals surface area contributed by atoms with E-state index >= 15 is 0 Å². The van der Waals surface area contributed by atoms with Crippen LogP contribution in [-0.4, -0.2) is 89.1 Å². The molecule has 2 N–H and O–H groups in total. The summed E-state index contributed by atoms with van der Waals surface area (Å²) in [4.78, 5) is 34.1. The molecule has 200 valence electrons. The molecule has 6 atom stereocenters. The van der Waals surface area contributed by atoms with E-state index in [1.54, 1.807) is 16.7 Å². The molecule has 6 unspecified atom stereocenters. The minimum absolute atomic E-state index is 0.00299. The number of carbonyl (C=O) groups excluding carboxylic acids is 2. The van der Waals surface area contributed by atoms with Crippen LogP contribution in [0.25, 0.3) is 0 Å². The Morgan fingerprint density at radius 2 is 1.51 bits per heavy atom. The lowest BCUT2D eigenvalue weighted by atomic mass is 9.78. The number of nitrogens with one attached hydrogen (secondary N) is 1. The van der Waals surface area contributed by atoms with Gasteiger partial charge < -0.3 is 10.0 Å². The number of rotatable bonds is 6. The third kappa shape index (κ3) is 4.43. The fraction of sp³-hybridized carbons (Fsp3) is 0.690. The van der Waals surface area contributed by atoms with Gasteiger partial charge in [0.15, 0.2) is 0 Å². The van der Waals surface area contributed by atoms with Crippen LogP contribution in [0.2, 0.25) is 0 Å². The van der Waals surface area contributed by atoms with Gasteiger partial charge in [0.25, 0.3) is 0 Å². The van der Waals surface area contributed by atoms with Gasteiger partial charge in [0, 0.05) is 49.7 Å². The average Bonchev–Trinajstić information content (AvgIpc) is 3.52. The minimum atomic E-state index is -0.457. The number of aliphatic hydroxyl groups excluding tert-OH is 1. The van der Waals surface area contributed by atoms with Gasteiger partial charge in [-0.15, -0.1) is 11.8 Å². The molecule has 2 saturated heterocycles. The fourth-order valence-corrected chi connectivity index (χ4v) is 8.78. The van der Waals surface area contributed by atoms with E-state index in [9.17, 15) is 14.7 Å². The van der Waals surface area contributed by atoms with Crippen molar-refractivity contribution in [2.24, 2.45) is 35.5 Å². The van der Waals surface area contributed by atoms with Crippen LogP contribution in [0.4, 0.5) is 0 Å². The van der Waals surface area contributed by atoms with E-state index in [0.717, 1.165) is 68.9 Å². The number of hydrogen-bond donors (Lipinski definition) is 2. The third-order valence-corrected chi connectivity index (χ3v) is 10.9. The summed E-state index contributed by atoms with van der Waals surface area (Å²) < 4.78 is 0. The van der Waals surface area contributed by atoms with Gasteiger partial charge in [0.05, 0.1) is 17.9 Å². The van der Waals surface area contributed by atoms with Gasteiger partial charge in [-0.2, -0.15) is 0 Å². The van der Waals surface area contributed by atoms with Crippen molar-refractivity contribution in [3.05, 3.63) is 29.8 Å². The largest absolute Gasteiger partial charge is 0.392 e. The second-order valence-corrected chi connectivity index (χ2v) is 12.7. The number of piperazine rings is 1.